The summed E-state index contributed by atoms with van der Waals surface area (Å²) in [5.74, 6) is 1.15. The van der Waals surface area contributed by atoms with Crippen LogP contribution < -0.4 is 9.64 Å². The van der Waals surface area contributed by atoms with E-state index in [0.29, 0.717) is 12.6 Å². The van der Waals surface area contributed by atoms with Gasteiger partial charge in [0, 0.05) is 36.8 Å². The molecule has 5 saturated carbocycles. The zero-order chi connectivity index (χ0) is 31.2. The van der Waals surface area contributed by atoms with Crippen LogP contribution in [0.3, 0.4) is 0 Å². The first kappa shape index (κ1) is 30.0. The fraction of sp³-hybridized carbons (Fsp3) is 0.568. The van der Waals surface area contributed by atoms with Crippen molar-refractivity contribution in [1.82, 2.24) is 14.8 Å². The van der Waals surface area contributed by atoms with Crippen molar-refractivity contribution < 1.29 is 19.4 Å². The summed E-state index contributed by atoms with van der Waals surface area (Å²) in [6.07, 6.45) is 18.2. The fourth-order valence-electron chi connectivity index (χ4n) is 8.60. The van der Waals surface area contributed by atoms with Crippen LogP contribution in [-0.4, -0.2) is 45.4 Å². The van der Waals surface area contributed by atoms with E-state index in [9.17, 15) is 14.7 Å². The Kier molecular flexibility index (Phi) is 7.95. The molecule has 8 heteroatoms. The van der Waals surface area contributed by atoms with Gasteiger partial charge >= 0.3 is 5.97 Å². The maximum absolute atomic E-state index is 14.4. The van der Waals surface area contributed by atoms with E-state index in [4.69, 9.17) is 9.72 Å². The Labute approximate surface area is 266 Å². The predicted molar refractivity (Wildman–Crippen MR) is 173 cm³/mol. The van der Waals surface area contributed by atoms with Gasteiger partial charge in [0.15, 0.2) is 0 Å². The molecule has 0 spiro atoms. The van der Waals surface area contributed by atoms with Gasteiger partial charge in [0.1, 0.15) is 11.6 Å². The van der Waals surface area contributed by atoms with Crippen LogP contribution in [0.15, 0.2) is 48.9 Å². The smallest absolute Gasteiger partial charge is 0.303 e. The van der Waals surface area contributed by atoms with Gasteiger partial charge in [0.2, 0.25) is 5.91 Å². The van der Waals surface area contributed by atoms with E-state index >= 15 is 0 Å². The average Bonchev–Trinajstić information content (AvgIpc) is 3.80. The summed E-state index contributed by atoms with van der Waals surface area (Å²) in [5.41, 5.74) is 4.99. The number of fused-ring (bicyclic) bond motifs is 3. The summed E-state index contributed by atoms with van der Waals surface area (Å²) >= 11 is 0. The number of aliphatic carboxylic acids is 1. The third kappa shape index (κ3) is 6.00. The first-order valence-corrected chi connectivity index (χ1v) is 17.0. The van der Waals surface area contributed by atoms with Crippen molar-refractivity contribution in [2.24, 2.45) is 17.3 Å². The van der Waals surface area contributed by atoms with E-state index in [1.54, 1.807) is 7.11 Å². The number of hydrogen-bond acceptors (Lipinski definition) is 5. The first-order valence-electron chi connectivity index (χ1n) is 17.0. The predicted octanol–water partition coefficient (Wildman–Crippen LogP) is 7.50. The molecule has 8 nitrogen and oxygen atoms in total. The molecule has 5 fully saturated rings. The van der Waals surface area contributed by atoms with Crippen molar-refractivity contribution in [3.63, 3.8) is 0 Å². The maximum Gasteiger partial charge on any atom is 0.303 e. The molecule has 1 amide bonds. The molecule has 45 heavy (non-hydrogen) atoms. The van der Waals surface area contributed by atoms with Gasteiger partial charge in [-0.3, -0.25) is 19.2 Å². The zero-order valence-corrected chi connectivity index (χ0v) is 26.7. The van der Waals surface area contributed by atoms with Crippen molar-refractivity contribution in [3.05, 3.63) is 60.0 Å². The Morgan fingerprint density at radius 3 is 2.36 bits per heavy atom. The summed E-state index contributed by atoms with van der Waals surface area (Å²) < 4.78 is 7.60. The molecule has 0 atom stereocenters. The second kappa shape index (κ2) is 11.9. The number of hydrogen-bond donors (Lipinski definition) is 1. The summed E-state index contributed by atoms with van der Waals surface area (Å²) in [6, 6.07) is 11.3. The van der Waals surface area contributed by atoms with Gasteiger partial charge in [-0.15, -0.1) is 0 Å². The van der Waals surface area contributed by atoms with Gasteiger partial charge in [-0.25, -0.2) is 4.98 Å². The number of aryl methyl sites for hydroxylation is 1. The molecule has 2 heterocycles. The molecule has 1 N–H and O–H groups in total. The number of carboxylic acids is 1. The zero-order valence-electron chi connectivity index (χ0n) is 26.7. The highest BCUT2D eigenvalue weighted by Gasteiger charge is 2.51. The summed E-state index contributed by atoms with van der Waals surface area (Å²) in [4.78, 5) is 32.6. The van der Waals surface area contributed by atoms with Crippen molar-refractivity contribution in [2.75, 3.05) is 18.6 Å². The highest BCUT2D eigenvalue weighted by Crippen LogP contribution is 2.58. The van der Waals surface area contributed by atoms with Crippen LogP contribution in [-0.2, 0) is 15.0 Å². The Balaban J connectivity index is 1.13. The number of amides is 1. The lowest BCUT2D eigenvalue weighted by Gasteiger charge is -2.55. The van der Waals surface area contributed by atoms with Crippen molar-refractivity contribution in [2.45, 2.75) is 102 Å². The van der Waals surface area contributed by atoms with E-state index in [-0.39, 0.29) is 35.0 Å². The number of carbonyl (C=O) groups is 2. The van der Waals surface area contributed by atoms with Crippen LogP contribution in [0.5, 0.6) is 5.75 Å². The highest BCUT2D eigenvalue weighted by atomic mass is 16.5. The molecule has 2 aromatic heterocycles. The normalized spacial score (nSPS) is 27.7. The largest absolute Gasteiger partial charge is 0.496 e. The van der Waals surface area contributed by atoms with Crippen molar-refractivity contribution in [1.29, 1.82) is 0 Å². The molecule has 0 aliphatic heterocycles. The number of benzene rings is 1. The van der Waals surface area contributed by atoms with Crippen molar-refractivity contribution in [3.8, 4) is 16.9 Å². The molecular weight excluding hydrogens is 564 g/mol. The molecule has 3 aromatic rings. The van der Waals surface area contributed by atoms with Gasteiger partial charge in [-0.2, -0.15) is 5.10 Å². The minimum Gasteiger partial charge on any atom is -0.496 e. The fourth-order valence-corrected chi connectivity index (χ4v) is 8.60. The van der Waals surface area contributed by atoms with Crippen LogP contribution in [0.2, 0.25) is 0 Å². The van der Waals surface area contributed by atoms with Gasteiger partial charge < -0.3 is 9.84 Å². The van der Waals surface area contributed by atoms with Gasteiger partial charge in [-0.1, -0.05) is 12.1 Å². The van der Waals surface area contributed by atoms with Crippen LogP contribution in [0.1, 0.15) is 101 Å². The Morgan fingerprint density at radius 1 is 0.978 bits per heavy atom. The number of rotatable bonds is 10. The average molecular weight is 611 g/mol. The van der Waals surface area contributed by atoms with Crippen LogP contribution in [0.25, 0.3) is 11.1 Å². The number of nitrogens with zero attached hydrogens (tertiary/aromatic N) is 4. The van der Waals surface area contributed by atoms with Gasteiger partial charge in [0.25, 0.3) is 0 Å². The van der Waals surface area contributed by atoms with Gasteiger partial charge in [0.05, 0.1) is 19.3 Å². The molecule has 2 bridgehead atoms. The summed E-state index contributed by atoms with van der Waals surface area (Å²) in [6.45, 7) is 2.82. The molecule has 8 rings (SSSR count). The molecule has 1 aromatic carbocycles. The second-order valence-corrected chi connectivity index (χ2v) is 14.5. The van der Waals surface area contributed by atoms with E-state index in [1.165, 1.54) is 24.0 Å². The Bertz CT molecular complexity index is 1540. The number of carbonyl (C=O) groups excluding carboxylic acids is 1. The number of anilines is 1. The van der Waals surface area contributed by atoms with Crippen LogP contribution >= 0.6 is 0 Å². The minimum absolute atomic E-state index is 0.0774. The van der Waals surface area contributed by atoms with Crippen LogP contribution in [0.4, 0.5) is 5.82 Å². The quantitative estimate of drug-likeness (QED) is 0.255. The third-order valence-electron chi connectivity index (χ3n) is 11.7. The van der Waals surface area contributed by atoms with E-state index in [2.05, 4.69) is 47.2 Å². The minimum atomic E-state index is -0.744. The first-order chi connectivity index (χ1) is 21.8. The van der Waals surface area contributed by atoms with Crippen molar-refractivity contribution >= 4 is 17.7 Å². The van der Waals surface area contributed by atoms with E-state index in [1.807, 2.05) is 23.4 Å². The SMILES string of the molecule is COc1ccc(C23CCC(CN(C(=O)C4CCC(CC(=O)O)CC4)c4cc(-c5cnn(C6CC6)c5)ccn4)(CC2)CC3)cc1C. The number of pyridine rings is 1. The van der Waals surface area contributed by atoms with E-state index in [0.717, 1.165) is 86.9 Å². The molecule has 0 unspecified atom stereocenters. The standard InChI is InChI=1S/C37H46N4O4/c1-25-19-30(7-10-32(25)45-2)37-15-12-36(13-16-37,14-17-37)24-40(35(44)27-5-3-26(4-6-27)20-34(42)43)33-21-28(11-18-38-33)29-22-39-41(23-29)31-8-9-31/h7,10-11,18-19,21-23,26-27,31H,3-6,8-9,12-17,20,24H2,1-2H3,(H,42,43). The van der Waals surface area contributed by atoms with Crippen LogP contribution in [0, 0.1) is 24.2 Å². The Hall–Kier alpha value is -3.68. The molecule has 0 radical (unpaired) electrons. The third-order valence-corrected chi connectivity index (χ3v) is 11.7. The topological polar surface area (TPSA) is 97.5 Å². The number of carboxylic acid groups (broad SMARTS) is 1. The Morgan fingerprint density at radius 2 is 1.71 bits per heavy atom. The lowest BCUT2D eigenvalue weighted by molar-refractivity contribution is -0.138. The molecule has 238 valence electrons. The molecule has 5 aliphatic rings. The highest BCUT2D eigenvalue weighted by molar-refractivity contribution is 5.95. The summed E-state index contributed by atoms with van der Waals surface area (Å²) in [7, 11) is 1.73. The summed E-state index contributed by atoms with van der Waals surface area (Å²) in [5, 5.41) is 13.9. The molecular formula is C37H46N4O4. The van der Waals surface area contributed by atoms with Gasteiger partial charge in [-0.05, 0) is 136 Å². The molecule has 5 aliphatic carbocycles. The van der Waals surface area contributed by atoms with E-state index < -0.39 is 5.97 Å². The number of methoxy groups -OCH3 is 1. The second-order valence-electron chi connectivity index (χ2n) is 14.5. The number of aromatic nitrogens is 3. The lowest BCUT2D eigenvalue weighted by atomic mass is 9.51. The lowest BCUT2D eigenvalue weighted by Crippen LogP contribution is -2.52. The number of ether oxygens (including phenoxy) is 1. The molecule has 0 saturated heterocycles. The maximum atomic E-state index is 14.4. The monoisotopic (exact) mass is 610 g/mol.